The Hall–Kier alpha value is -2.75. The number of carbonyl (C=O) groups excluding carboxylic acids is 1. The quantitative estimate of drug-likeness (QED) is 0.696. The van der Waals surface area contributed by atoms with Crippen LogP contribution in [0, 0.1) is 0 Å². The topological polar surface area (TPSA) is 34.5 Å². The summed E-state index contributed by atoms with van der Waals surface area (Å²) in [6, 6.07) is 16.2. The highest BCUT2D eigenvalue weighted by Crippen LogP contribution is 2.34. The van der Waals surface area contributed by atoms with Crippen LogP contribution in [0.2, 0.25) is 0 Å². The molecule has 0 radical (unpaired) electrons. The van der Waals surface area contributed by atoms with E-state index < -0.39 is 0 Å². The van der Waals surface area contributed by atoms with E-state index >= 15 is 0 Å². The molecule has 0 bridgehead atoms. The zero-order valence-corrected chi connectivity index (χ0v) is 15.3. The van der Waals surface area contributed by atoms with Gasteiger partial charge < -0.3 is 14.2 Å². The fourth-order valence-corrected chi connectivity index (χ4v) is 4.01. The molecule has 4 heteroatoms. The number of aromatic nitrogens is 1. The lowest BCUT2D eigenvalue weighted by Crippen LogP contribution is -2.38. The molecule has 4 rings (SSSR count). The van der Waals surface area contributed by atoms with Crippen LogP contribution in [-0.4, -0.2) is 29.0 Å². The second kappa shape index (κ2) is 6.87. The third kappa shape index (κ3) is 2.85. The summed E-state index contributed by atoms with van der Waals surface area (Å²) in [6.07, 6.45) is 5.19. The smallest absolute Gasteiger partial charge is 0.255 e. The zero-order valence-electron chi connectivity index (χ0n) is 15.3. The number of aryl methyl sites for hydroxylation is 1. The molecular formula is C22H24N2O2. The third-order valence-corrected chi connectivity index (χ3v) is 5.40. The summed E-state index contributed by atoms with van der Waals surface area (Å²) in [5, 5.41) is 1.02. The molecule has 2 heterocycles. The van der Waals surface area contributed by atoms with Gasteiger partial charge in [0, 0.05) is 36.3 Å². The van der Waals surface area contributed by atoms with Crippen molar-refractivity contribution in [2.75, 3.05) is 13.7 Å². The van der Waals surface area contributed by atoms with Crippen LogP contribution in [0.15, 0.2) is 54.7 Å². The number of hydrogen-bond donors (Lipinski definition) is 0. The number of ether oxygens (including phenoxy) is 1. The van der Waals surface area contributed by atoms with E-state index in [1.807, 2.05) is 48.5 Å². The number of hydrogen-bond acceptors (Lipinski definition) is 2. The molecule has 1 aliphatic rings. The van der Waals surface area contributed by atoms with Crippen LogP contribution >= 0.6 is 0 Å². The Bertz CT molecular complexity index is 944. The molecule has 0 unspecified atom stereocenters. The molecule has 1 aliphatic heterocycles. The van der Waals surface area contributed by atoms with Crippen molar-refractivity contribution in [1.82, 2.24) is 9.47 Å². The van der Waals surface area contributed by atoms with Crippen molar-refractivity contribution in [2.45, 2.75) is 25.3 Å². The van der Waals surface area contributed by atoms with Crippen molar-refractivity contribution in [1.29, 1.82) is 0 Å². The summed E-state index contributed by atoms with van der Waals surface area (Å²) < 4.78 is 7.44. The monoisotopic (exact) mass is 348 g/mol. The summed E-state index contributed by atoms with van der Waals surface area (Å²) in [5.41, 5.74) is 3.03. The second-order valence-electron chi connectivity index (χ2n) is 6.95. The number of piperidine rings is 1. The van der Waals surface area contributed by atoms with Gasteiger partial charge in [0.05, 0.1) is 13.2 Å². The van der Waals surface area contributed by atoms with E-state index in [0.717, 1.165) is 53.6 Å². The molecule has 2 aromatic carbocycles. The maximum absolute atomic E-state index is 13.4. The highest BCUT2D eigenvalue weighted by molar-refractivity contribution is 6.06. The van der Waals surface area contributed by atoms with Gasteiger partial charge in [-0.25, -0.2) is 0 Å². The van der Waals surface area contributed by atoms with E-state index in [2.05, 4.69) is 22.8 Å². The number of amides is 1. The standard InChI is InChI=1S/C22H24N2O2/c1-23-14-12-18-19(9-6-11-21(18)23)22(25)24-13-4-3-10-20(24)16-7-5-8-17(15-16)26-2/h5-9,11-12,14-15,20H,3-4,10,13H2,1-2H3/t20-/m0/s1. The van der Waals surface area contributed by atoms with Crippen molar-refractivity contribution in [2.24, 2.45) is 7.05 Å². The molecule has 1 atom stereocenters. The van der Waals surface area contributed by atoms with E-state index in [1.54, 1.807) is 7.11 Å². The van der Waals surface area contributed by atoms with Gasteiger partial charge in [0.15, 0.2) is 0 Å². The second-order valence-corrected chi connectivity index (χ2v) is 6.95. The fraction of sp³-hybridized carbons (Fsp3) is 0.318. The lowest BCUT2D eigenvalue weighted by atomic mass is 9.94. The molecule has 1 aromatic heterocycles. The first-order valence-corrected chi connectivity index (χ1v) is 9.18. The van der Waals surface area contributed by atoms with Gasteiger partial charge in [-0.1, -0.05) is 18.2 Å². The molecule has 0 N–H and O–H groups in total. The van der Waals surface area contributed by atoms with Crippen molar-refractivity contribution in [3.63, 3.8) is 0 Å². The van der Waals surface area contributed by atoms with E-state index in [4.69, 9.17) is 4.74 Å². The number of rotatable bonds is 3. The van der Waals surface area contributed by atoms with Crippen LogP contribution in [0.1, 0.15) is 41.2 Å². The number of carbonyl (C=O) groups is 1. The Morgan fingerprint density at radius 1 is 1.12 bits per heavy atom. The highest BCUT2D eigenvalue weighted by Gasteiger charge is 2.29. The van der Waals surface area contributed by atoms with Crippen LogP contribution in [0.5, 0.6) is 5.75 Å². The Morgan fingerprint density at radius 2 is 1.96 bits per heavy atom. The summed E-state index contributed by atoms with van der Waals surface area (Å²) in [6.45, 7) is 0.796. The highest BCUT2D eigenvalue weighted by atomic mass is 16.5. The molecule has 26 heavy (non-hydrogen) atoms. The van der Waals surface area contributed by atoms with Crippen LogP contribution < -0.4 is 4.74 Å². The molecule has 0 aliphatic carbocycles. The molecule has 1 saturated heterocycles. The van der Waals surface area contributed by atoms with Gasteiger partial charge in [0.1, 0.15) is 5.75 Å². The van der Waals surface area contributed by atoms with Gasteiger partial charge in [0.25, 0.3) is 5.91 Å². The first kappa shape index (κ1) is 16.7. The SMILES string of the molecule is COc1cccc([C@@H]2CCCCN2C(=O)c2cccc3c2ccn3C)c1. The Morgan fingerprint density at radius 3 is 2.81 bits per heavy atom. The molecule has 0 saturated carbocycles. The van der Waals surface area contributed by atoms with Crippen LogP contribution in [-0.2, 0) is 7.05 Å². The minimum absolute atomic E-state index is 0.102. The average molecular weight is 348 g/mol. The summed E-state index contributed by atoms with van der Waals surface area (Å²) >= 11 is 0. The van der Waals surface area contributed by atoms with Gasteiger partial charge in [0.2, 0.25) is 0 Å². The summed E-state index contributed by atoms with van der Waals surface area (Å²) in [4.78, 5) is 15.5. The van der Waals surface area contributed by atoms with Gasteiger partial charge in [-0.15, -0.1) is 0 Å². The van der Waals surface area contributed by atoms with Crippen molar-refractivity contribution >= 4 is 16.8 Å². The van der Waals surface area contributed by atoms with Crippen molar-refractivity contribution in [3.8, 4) is 5.75 Å². The number of benzene rings is 2. The molecular weight excluding hydrogens is 324 g/mol. The molecule has 0 spiro atoms. The number of methoxy groups -OCH3 is 1. The van der Waals surface area contributed by atoms with Crippen LogP contribution in [0.25, 0.3) is 10.9 Å². The lowest BCUT2D eigenvalue weighted by molar-refractivity contribution is 0.0613. The molecule has 3 aromatic rings. The Labute approximate surface area is 154 Å². The summed E-state index contributed by atoms with van der Waals surface area (Å²) in [5.74, 6) is 0.958. The first-order valence-electron chi connectivity index (χ1n) is 9.18. The lowest BCUT2D eigenvalue weighted by Gasteiger charge is -2.36. The molecule has 134 valence electrons. The maximum atomic E-state index is 13.4. The predicted molar refractivity (Wildman–Crippen MR) is 104 cm³/mol. The van der Waals surface area contributed by atoms with E-state index in [9.17, 15) is 4.79 Å². The normalized spacial score (nSPS) is 17.5. The minimum Gasteiger partial charge on any atom is -0.497 e. The molecule has 4 nitrogen and oxygen atoms in total. The van der Waals surface area contributed by atoms with Gasteiger partial charge in [-0.2, -0.15) is 0 Å². The van der Waals surface area contributed by atoms with Crippen LogP contribution in [0.4, 0.5) is 0 Å². The zero-order chi connectivity index (χ0) is 18.1. The molecule has 1 fully saturated rings. The Kier molecular flexibility index (Phi) is 4.41. The van der Waals surface area contributed by atoms with Crippen LogP contribution in [0.3, 0.4) is 0 Å². The van der Waals surface area contributed by atoms with Gasteiger partial charge in [-0.05, 0) is 55.2 Å². The van der Waals surface area contributed by atoms with E-state index in [-0.39, 0.29) is 11.9 Å². The third-order valence-electron chi connectivity index (χ3n) is 5.40. The number of fused-ring (bicyclic) bond motifs is 1. The maximum Gasteiger partial charge on any atom is 0.255 e. The van der Waals surface area contributed by atoms with Gasteiger partial charge >= 0.3 is 0 Å². The minimum atomic E-state index is 0.102. The summed E-state index contributed by atoms with van der Waals surface area (Å²) in [7, 11) is 3.69. The fourth-order valence-electron chi connectivity index (χ4n) is 4.01. The Balaban J connectivity index is 1.72. The van der Waals surface area contributed by atoms with E-state index in [1.165, 1.54) is 0 Å². The molecule has 1 amide bonds. The first-order chi connectivity index (χ1) is 12.7. The largest absolute Gasteiger partial charge is 0.497 e. The van der Waals surface area contributed by atoms with Crippen molar-refractivity contribution < 1.29 is 9.53 Å². The number of nitrogens with zero attached hydrogens (tertiary/aromatic N) is 2. The van der Waals surface area contributed by atoms with E-state index in [0.29, 0.717) is 0 Å². The van der Waals surface area contributed by atoms with Crippen molar-refractivity contribution in [3.05, 3.63) is 65.9 Å². The predicted octanol–water partition coefficient (Wildman–Crippen LogP) is 4.55. The average Bonchev–Trinajstić information content (AvgIpc) is 3.08. The van der Waals surface area contributed by atoms with Gasteiger partial charge in [-0.3, -0.25) is 4.79 Å². The number of likely N-dealkylation sites (tertiary alicyclic amines) is 1.